The predicted octanol–water partition coefficient (Wildman–Crippen LogP) is 0.723. The number of aromatic nitrogens is 2. The van der Waals surface area contributed by atoms with Gasteiger partial charge >= 0.3 is 0 Å². The van der Waals surface area contributed by atoms with Gasteiger partial charge in [-0.05, 0) is 13.0 Å². The molecular weight excluding hydrogens is 204 g/mol. The molecule has 82 valence electrons. The van der Waals surface area contributed by atoms with Crippen molar-refractivity contribution in [3.05, 3.63) is 36.3 Å². The fourth-order valence-corrected chi connectivity index (χ4v) is 1.62. The van der Waals surface area contributed by atoms with Crippen molar-refractivity contribution in [1.29, 1.82) is 0 Å². The summed E-state index contributed by atoms with van der Waals surface area (Å²) in [6.45, 7) is 1.76. The number of hydrogen-bond donors (Lipinski definition) is 2. The molecule has 1 aromatic carbocycles. The van der Waals surface area contributed by atoms with Crippen molar-refractivity contribution in [2.45, 2.75) is 12.8 Å². The van der Waals surface area contributed by atoms with Gasteiger partial charge in [0.1, 0.15) is 6.33 Å². The Balaban J connectivity index is 2.56. The van der Waals surface area contributed by atoms with E-state index in [1.807, 2.05) is 24.3 Å². The molecule has 0 spiro atoms. The molecular formula is C11H12N4O. The standard InChI is InChI=1S/C11H12N4O/c1-7(11(16)15-12)10-8-4-2-3-5-9(8)13-6-14-10/h2-7H,12H2,1H3,(H,15,16). The van der Waals surface area contributed by atoms with Gasteiger partial charge in [-0.2, -0.15) is 0 Å². The van der Waals surface area contributed by atoms with Crippen molar-refractivity contribution < 1.29 is 4.79 Å². The number of carbonyl (C=O) groups is 1. The first-order valence-electron chi connectivity index (χ1n) is 4.94. The number of fused-ring (bicyclic) bond motifs is 1. The van der Waals surface area contributed by atoms with E-state index in [9.17, 15) is 4.79 Å². The summed E-state index contributed by atoms with van der Waals surface area (Å²) < 4.78 is 0. The quantitative estimate of drug-likeness (QED) is 0.440. The summed E-state index contributed by atoms with van der Waals surface area (Å²) in [5, 5.41) is 0.876. The highest BCUT2D eigenvalue weighted by molar-refractivity contribution is 5.89. The maximum Gasteiger partial charge on any atom is 0.242 e. The minimum absolute atomic E-state index is 0.260. The first-order chi connectivity index (χ1) is 7.74. The lowest BCUT2D eigenvalue weighted by molar-refractivity contribution is -0.122. The number of hydrazine groups is 1. The Morgan fingerprint density at radius 3 is 2.88 bits per heavy atom. The predicted molar refractivity (Wildman–Crippen MR) is 60.3 cm³/mol. The molecule has 3 N–H and O–H groups in total. The summed E-state index contributed by atoms with van der Waals surface area (Å²) in [7, 11) is 0. The van der Waals surface area contributed by atoms with Crippen LogP contribution < -0.4 is 11.3 Å². The van der Waals surface area contributed by atoms with Crippen molar-refractivity contribution in [1.82, 2.24) is 15.4 Å². The van der Waals surface area contributed by atoms with Crippen LogP contribution in [-0.2, 0) is 4.79 Å². The molecule has 0 aliphatic heterocycles. The van der Waals surface area contributed by atoms with Crippen molar-refractivity contribution >= 4 is 16.8 Å². The van der Waals surface area contributed by atoms with E-state index in [0.29, 0.717) is 5.69 Å². The Morgan fingerprint density at radius 1 is 1.38 bits per heavy atom. The van der Waals surface area contributed by atoms with E-state index < -0.39 is 5.92 Å². The Hall–Kier alpha value is -2.01. The highest BCUT2D eigenvalue weighted by Crippen LogP contribution is 2.21. The van der Waals surface area contributed by atoms with Gasteiger partial charge in [-0.15, -0.1) is 0 Å². The van der Waals surface area contributed by atoms with Crippen LogP contribution in [0.25, 0.3) is 10.9 Å². The maximum atomic E-state index is 11.5. The molecule has 1 amide bonds. The Kier molecular flexibility index (Phi) is 2.78. The molecule has 2 rings (SSSR count). The van der Waals surface area contributed by atoms with E-state index in [4.69, 9.17) is 5.84 Å². The largest absolute Gasteiger partial charge is 0.294 e. The number of carbonyl (C=O) groups excluding carboxylic acids is 1. The molecule has 16 heavy (non-hydrogen) atoms. The third-order valence-electron chi connectivity index (χ3n) is 2.52. The van der Waals surface area contributed by atoms with Gasteiger partial charge in [0.25, 0.3) is 0 Å². The molecule has 5 nitrogen and oxygen atoms in total. The van der Waals surface area contributed by atoms with E-state index >= 15 is 0 Å². The number of amides is 1. The second-order valence-corrected chi connectivity index (χ2v) is 3.51. The Labute approximate surface area is 92.7 Å². The van der Waals surface area contributed by atoms with Gasteiger partial charge in [0.2, 0.25) is 5.91 Å². The van der Waals surface area contributed by atoms with Gasteiger partial charge in [0, 0.05) is 5.39 Å². The number of nitrogens with zero attached hydrogens (tertiary/aromatic N) is 2. The molecule has 1 atom stereocenters. The van der Waals surface area contributed by atoms with Crippen molar-refractivity contribution in [3.8, 4) is 0 Å². The summed E-state index contributed by atoms with van der Waals surface area (Å²) in [6, 6.07) is 7.56. The number of hydrogen-bond acceptors (Lipinski definition) is 4. The van der Waals surface area contributed by atoms with Crippen LogP contribution in [0.3, 0.4) is 0 Å². The van der Waals surface area contributed by atoms with E-state index in [0.717, 1.165) is 10.9 Å². The summed E-state index contributed by atoms with van der Waals surface area (Å²) >= 11 is 0. The Bertz CT molecular complexity index is 521. The lowest BCUT2D eigenvalue weighted by Gasteiger charge is -2.10. The number of rotatable bonds is 2. The highest BCUT2D eigenvalue weighted by Gasteiger charge is 2.17. The lowest BCUT2D eigenvalue weighted by atomic mass is 10.0. The smallest absolute Gasteiger partial charge is 0.242 e. The van der Waals surface area contributed by atoms with E-state index in [1.165, 1.54) is 6.33 Å². The fourth-order valence-electron chi connectivity index (χ4n) is 1.62. The minimum Gasteiger partial charge on any atom is -0.294 e. The lowest BCUT2D eigenvalue weighted by Crippen LogP contribution is -2.34. The number of nitrogens with one attached hydrogen (secondary N) is 1. The normalized spacial score (nSPS) is 12.4. The fraction of sp³-hybridized carbons (Fsp3) is 0.182. The highest BCUT2D eigenvalue weighted by atomic mass is 16.2. The van der Waals surface area contributed by atoms with Crippen LogP contribution in [0.1, 0.15) is 18.5 Å². The molecule has 0 saturated heterocycles. The average Bonchev–Trinajstić information content (AvgIpc) is 2.36. The molecule has 1 unspecified atom stereocenters. The second-order valence-electron chi connectivity index (χ2n) is 3.51. The molecule has 1 heterocycles. The van der Waals surface area contributed by atoms with Crippen molar-refractivity contribution in [3.63, 3.8) is 0 Å². The zero-order chi connectivity index (χ0) is 11.5. The summed E-state index contributed by atoms with van der Waals surface area (Å²) in [4.78, 5) is 19.7. The van der Waals surface area contributed by atoms with Gasteiger partial charge in [-0.1, -0.05) is 18.2 Å². The molecule has 5 heteroatoms. The van der Waals surface area contributed by atoms with Gasteiger partial charge in [-0.25, -0.2) is 15.8 Å². The van der Waals surface area contributed by atoms with E-state index in [-0.39, 0.29) is 5.91 Å². The molecule has 0 fully saturated rings. The van der Waals surface area contributed by atoms with Crippen LogP contribution in [-0.4, -0.2) is 15.9 Å². The SMILES string of the molecule is CC(C(=O)NN)c1ncnc2ccccc12. The van der Waals surface area contributed by atoms with Gasteiger partial charge in [0.15, 0.2) is 0 Å². The topological polar surface area (TPSA) is 80.9 Å². The summed E-state index contributed by atoms with van der Waals surface area (Å²) in [6.07, 6.45) is 1.46. The van der Waals surface area contributed by atoms with Gasteiger partial charge in [-0.3, -0.25) is 10.2 Å². The first kappa shape index (κ1) is 10.5. The summed E-state index contributed by atoms with van der Waals surface area (Å²) in [5.41, 5.74) is 3.64. The number of benzene rings is 1. The van der Waals surface area contributed by atoms with Gasteiger partial charge in [0.05, 0.1) is 17.1 Å². The van der Waals surface area contributed by atoms with Crippen molar-refractivity contribution in [2.24, 2.45) is 5.84 Å². The van der Waals surface area contributed by atoms with E-state index in [2.05, 4.69) is 15.4 Å². The van der Waals surface area contributed by atoms with Crippen LogP contribution in [0.5, 0.6) is 0 Å². The third-order valence-corrected chi connectivity index (χ3v) is 2.52. The second kappa shape index (κ2) is 4.24. The van der Waals surface area contributed by atoms with Crippen LogP contribution in [0.15, 0.2) is 30.6 Å². The zero-order valence-corrected chi connectivity index (χ0v) is 8.84. The average molecular weight is 216 g/mol. The first-order valence-corrected chi connectivity index (χ1v) is 4.94. The van der Waals surface area contributed by atoms with Crippen LogP contribution >= 0.6 is 0 Å². The molecule has 0 saturated carbocycles. The van der Waals surface area contributed by atoms with Crippen molar-refractivity contribution in [2.75, 3.05) is 0 Å². The molecule has 1 aromatic heterocycles. The molecule has 0 bridgehead atoms. The number of para-hydroxylation sites is 1. The zero-order valence-electron chi connectivity index (χ0n) is 8.84. The molecule has 2 aromatic rings. The maximum absolute atomic E-state index is 11.5. The van der Waals surface area contributed by atoms with Crippen LogP contribution in [0.2, 0.25) is 0 Å². The number of nitrogens with two attached hydrogens (primary N) is 1. The van der Waals surface area contributed by atoms with Crippen LogP contribution in [0, 0.1) is 0 Å². The van der Waals surface area contributed by atoms with E-state index in [1.54, 1.807) is 6.92 Å². The third kappa shape index (κ3) is 1.72. The van der Waals surface area contributed by atoms with Gasteiger partial charge < -0.3 is 0 Å². The minimum atomic E-state index is -0.391. The monoisotopic (exact) mass is 216 g/mol. The summed E-state index contributed by atoms with van der Waals surface area (Å²) in [5.74, 6) is 4.46. The molecule has 0 aliphatic carbocycles. The molecule has 0 radical (unpaired) electrons. The molecule has 0 aliphatic rings. The Morgan fingerprint density at radius 2 is 2.12 bits per heavy atom. The van der Waals surface area contributed by atoms with Crippen LogP contribution in [0.4, 0.5) is 0 Å².